The van der Waals surface area contributed by atoms with E-state index < -0.39 is 5.97 Å². The Kier molecular flexibility index (Phi) is 3.26. The standard InChI is InChI=1S/C12H20N2O3/c1-12(4-2-5-12)8-13-11(17)14-6-3-9(7-14)10(15)16/h9H,2-8H2,1H3,(H,13,17)(H,15,16). The molecule has 2 aliphatic rings. The number of nitrogens with zero attached hydrogens (tertiary/aromatic N) is 1. The Labute approximate surface area is 101 Å². The largest absolute Gasteiger partial charge is 0.481 e. The van der Waals surface area contributed by atoms with E-state index >= 15 is 0 Å². The average molecular weight is 240 g/mol. The Morgan fingerprint density at radius 1 is 1.47 bits per heavy atom. The zero-order valence-corrected chi connectivity index (χ0v) is 10.2. The van der Waals surface area contributed by atoms with Gasteiger partial charge in [0.05, 0.1) is 5.92 Å². The van der Waals surface area contributed by atoms with E-state index in [4.69, 9.17) is 5.11 Å². The summed E-state index contributed by atoms with van der Waals surface area (Å²) in [6.45, 7) is 3.79. The molecule has 5 heteroatoms. The van der Waals surface area contributed by atoms with Gasteiger partial charge in [-0.1, -0.05) is 13.3 Å². The molecule has 0 spiro atoms. The third-order valence-electron chi connectivity index (χ3n) is 4.05. The van der Waals surface area contributed by atoms with E-state index in [1.807, 2.05) is 0 Å². The summed E-state index contributed by atoms with van der Waals surface area (Å²) < 4.78 is 0. The molecule has 1 unspecified atom stereocenters. The number of hydrogen-bond acceptors (Lipinski definition) is 2. The molecule has 2 rings (SSSR count). The highest BCUT2D eigenvalue weighted by Crippen LogP contribution is 2.39. The van der Waals surface area contributed by atoms with Gasteiger partial charge in [0.25, 0.3) is 0 Å². The van der Waals surface area contributed by atoms with Gasteiger partial charge < -0.3 is 15.3 Å². The second-order valence-electron chi connectivity index (χ2n) is 5.59. The molecule has 96 valence electrons. The molecule has 0 aromatic carbocycles. The van der Waals surface area contributed by atoms with E-state index in [-0.39, 0.29) is 17.4 Å². The van der Waals surface area contributed by atoms with Crippen molar-refractivity contribution in [3.63, 3.8) is 0 Å². The molecule has 17 heavy (non-hydrogen) atoms. The first kappa shape index (κ1) is 12.2. The van der Waals surface area contributed by atoms with Crippen molar-refractivity contribution < 1.29 is 14.7 Å². The van der Waals surface area contributed by atoms with Crippen LogP contribution in [0.15, 0.2) is 0 Å². The lowest BCUT2D eigenvalue weighted by Gasteiger charge is -2.38. The average Bonchev–Trinajstić information content (AvgIpc) is 2.72. The van der Waals surface area contributed by atoms with Crippen molar-refractivity contribution in [3.8, 4) is 0 Å². The fourth-order valence-electron chi connectivity index (χ4n) is 2.50. The highest BCUT2D eigenvalue weighted by atomic mass is 16.4. The first-order valence-electron chi connectivity index (χ1n) is 6.26. The molecule has 2 amide bonds. The van der Waals surface area contributed by atoms with Gasteiger partial charge >= 0.3 is 12.0 Å². The minimum Gasteiger partial charge on any atom is -0.481 e. The van der Waals surface area contributed by atoms with E-state index in [0.717, 1.165) is 0 Å². The third-order valence-corrected chi connectivity index (χ3v) is 4.05. The summed E-state index contributed by atoms with van der Waals surface area (Å²) >= 11 is 0. The van der Waals surface area contributed by atoms with Crippen molar-refractivity contribution in [2.24, 2.45) is 11.3 Å². The van der Waals surface area contributed by atoms with Crippen molar-refractivity contribution in [1.82, 2.24) is 10.2 Å². The monoisotopic (exact) mass is 240 g/mol. The number of amides is 2. The van der Waals surface area contributed by atoms with Crippen molar-refractivity contribution in [3.05, 3.63) is 0 Å². The molecule has 0 aromatic heterocycles. The number of likely N-dealkylation sites (tertiary alicyclic amines) is 1. The zero-order chi connectivity index (χ0) is 12.5. The van der Waals surface area contributed by atoms with Crippen LogP contribution in [0.3, 0.4) is 0 Å². The molecule has 1 saturated heterocycles. The van der Waals surface area contributed by atoms with Gasteiger partial charge in [0, 0.05) is 19.6 Å². The highest BCUT2D eigenvalue weighted by Gasteiger charge is 2.34. The number of carboxylic acids is 1. The van der Waals surface area contributed by atoms with Crippen LogP contribution in [0.5, 0.6) is 0 Å². The number of urea groups is 1. The molecular weight excluding hydrogens is 220 g/mol. The first-order chi connectivity index (χ1) is 8.00. The van der Waals surface area contributed by atoms with Gasteiger partial charge in [-0.05, 0) is 24.7 Å². The topological polar surface area (TPSA) is 69.6 Å². The molecule has 2 fully saturated rings. The molecule has 1 aliphatic carbocycles. The van der Waals surface area contributed by atoms with E-state index in [1.165, 1.54) is 19.3 Å². The Morgan fingerprint density at radius 3 is 2.65 bits per heavy atom. The summed E-state index contributed by atoms with van der Waals surface area (Å²) in [4.78, 5) is 24.2. The maximum absolute atomic E-state index is 11.8. The Morgan fingerprint density at radius 2 is 2.18 bits per heavy atom. The number of rotatable bonds is 3. The molecule has 2 N–H and O–H groups in total. The summed E-state index contributed by atoms with van der Waals surface area (Å²) in [7, 11) is 0. The summed E-state index contributed by atoms with van der Waals surface area (Å²) in [6, 6.07) is -0.109. The lowest BCUT2D eigenvalue weighted by atomic mass is 9.70. The summed E-state index contributed by atoms with van der Waals surface area (Å²) in [5, 5.41) is 11.8. The molecule has 5 nitrogen and oxygen atoms in total. The number of carbonyl (C=O) groups excluding carboxylic acids is 1. The number of aliphatic carboxylic acids is 1. The molecule has 0 aromatic rings. The van der Waals surface area contributed by atoms with Gasteiger partial charge in [-0.25, -0.2) is 4.79 Å². The number of hydrogen-bond donors (Lipinski definition) is 2. The van der Waals surface area contributed by atoms with E-state index in [9.17, 15) is 9.59 Å². The normalized spacial score (nSPS) is 26.4. The minimum atomic E-state index is -0.800. The predicted molar refractivity (Wildman–Crippen MR) is 62.7 cm³/mol. The molecule has 0 bridgehead atoms. The van der Waals surface area contributed by atoms with Crippen LogP contribution in [-0.4, -0.2) is 41.6 Å². The second-order valence-corrected chi connectivity index (χ2v) is 5.59. The molecule has 1 heterocycles. The Hall–Kier alpha value is -1.26. The van der Waals surface area contributed by atoms with Crippen molar-refractivity contribution in [2.75, 3.05) is 19.6 Å². The smallest absolute Gasteiger partial charge is 0.317 e. The van der Waals surface area contributed by atoms with Crippen molar-refractivity contribution in [1.29, 1.82) is 0 Å². The van der Waals surface area contributed by atoms with Crippen LogP contribution in [0.25, 0.3) is 0 Å². The second kappa shape index (κ2) is 4.55. The van der Waals surface area contributed by atoms with Crippen LogP contribution >= 0.6 is 0 Å². The maximum atomic E-state index is 11.8. The minimum absolute atomic E-state index is 0.109. The number of carboxylic acid groups (broad SMARTS) is 1. The van der Waals surface area contributed by atoms with E-state index in [2.05, 4.69) is 12.2 Å². The fourth-order valence-corrected chi connectivity index (χ4v) is 2.50. The predicted octanol–water partition coefficient (Wildman–Crippen LogP) is 1.29. The first-order valence-corrected chi connectivity index (χ1v) is 6.26. The third kappa shape index (κ3) is 2.70. The van der Waals surface area contributed by atoms with E-state index in [1.54, 1.807) is 4.90 Å². The van der Waals surface area contributed by atoms with Crippen LogP contribution in [0.1, 0.15) is 32.6 Å². The van der Waals surface area contributed by atoms with Crippen LogP contribution in [0.2, 0.25) is 0 Å². The van der Waals surface area contributed by atoms with Crippen LogP contribution in [0.4, 0.5) is 4.79 Å². The molecular formula is C12H20N2O3. The summed E-state index contributed by atoms with van der Waals surface area (Å²) in [5.74, 6) is -1.19. The number of nitrogens with one attached hydrogen (secondary N) is 1. The summed E-state index contributed by atoms with van der Waals surface area (Å²) in [6.07, 6.45) is 4.16. The summed E-state index contributed by atoms with van der Waals surface area (Å²) in [5.41, 5.74) is 0.265. The van der Waals surface area contributed by atoms with Gasteiger partial charge in [0.2, 0.25) is 0 Å². The lowest BCUT2D eigenvalue weighted by molar-refractivity contribution is -0.141. The van der Waals surface area contributed by atoms with Gasteiger partial charge in [-0.3, -0.25) is 4.79 Å². The highest BCUT2D eigenvalue weighted by molar-refractivity contribution is 5.77. The Balaban J connectivity index is 1.75. The lowest BCUT2D eigenvalue weighted by Crippen LogP contribution is -2.45. The van der Waals surface area contributed by atoms with Crippen molar-refractivity contribution >= 4 is 12.0 Å². The van der Waals surface area contributed by atoms with Gasteiger partial charge in [0.1, 0.15) is 0 Å². The van der Waals surface area contributed by atoms with Crippen LogP contribution in [-0.2, 0) is 4.79 Å². The zero-order valence-electron chi connectivity index (χ0n) is 10.2. The molecule has 1 aliphatic heterocycles. The fraction of sp³-hybridized carbons (Fsp3) is 0.833. The van der Waals surface area contributed by atoms with Crippen LogP contribution < -0.4 is 5.32 Å². The SMILES string of the molecule is CC1(CNC(=O)N2CCC(C(=O)O)C2)CCC1. The van der Waals surface area contributed by atoms with Gasteiger partial charge in [0.15, 0.2) is 0 Å². The maximum Gasteiger partial charge on any atom is 0.317 e. The van der Waals surface area contributed by atoms with Gasteiger partial charge in [-0.2, -0.15) is 0 Å². The molecule has 0 radical (unpaired) electrons. The molecule has 1 saturated carbocycles. The quantitative estimate of drug-likeness (QED) is 0.781. The molecule has 1 atom stereocenters. The Bertz CT molecular complexity index is 326. The van der Waals surface area contributed by atoms with E-state index in [0.29, 0.717) is 26.1 Å². The van der Waals surface area contributed by atoms with Crippen LogP contribution in [0, 0.1) is 11.3 Å². The number of carbonyl (C=O) groups is 2. The van der Waals surface area contributed by atoms with Gasteiger partial charge in [-0.15, -0.1) is 0 Å². The van der Waals surface area contributed by atoms with Crippen molar-refractivity contribution in [2.45, 2.75) is 32.6 Å².